The van der Waals surface area contributed by atoms with Gasteiger partial charge in [0.15, 0.2) is 0 Å². The molecule has 2 unspecified atom stereocenters. The van der Waals surface area contributed by atoms with Crippen LogP contribution in [0.4, 0.5) is 4.39 Å². The lowest BCUT2D eigenvalue weighted by Crippen LogP contribution is -2.40. The summed E-state index contributed by atoms with van der Waals surface area (Å²) < 4.78 is 14.0. The lowest BCUT2D eigenvalue weighted by Gasteiger charge is -2.32. The van der Waals surface area contributed by atoms with Crippen molar-refractivity contribution < 1.29 is 4.39 Å². The predicted molar refractivity (Wildman–Crippen MR) is 81.5 cm³/mol. The molecule has 1 saturated heterocycles. The molecule has 0 saturated carbocycles. The molecule has 2 N–H and O–H groups in total. The molecule has 0 aliphatic carbocycles. The van der Waals surface area contributed by atoms with Gasteiger partial charge in [-0.15, -0.1) is 0 Å². The first-order valence-corrected chi connectivity index (χ1v) is 7.46. The molecule has 5 heteroatoms. The molecule has 1 fully saturated rings. The Labute approximate surface area is 125 Å². The van der Waals surface area contributed by atoms with E-state index in [2.05, 4.69) is 16.8 Å². The van der Waals surface area contributed by atoms with Crippen LogP contribution >= 0.6 is 11.6 Å². The molecular weight excluding hydrogens is 277 g/mol. The Balaban J connectivity index is 2.12. The minimum Gasteiger partial charge on any atom is -0.329 e. The fourth-order valence-electron chi connectivity index (χ4n) is 2.98. The van der Waals surface area contributed by atoms with Crippen molar-refractivity contribution in [2.75, 3.05) is 33.7 Å². The van der Waals surface area contributed by atoms with Gasteiger partial charge in [0.05, 0.1) is 0 Å². The molecule has 1 aromatic carbocycles. The highest BCUT2D eigenvalue weighted by molar-refractivity contribution is 6.30. The molecule has 3 nitrogen and oxygen atoms in total. The summed E-state index contributed by atoms with van der Waals surface area (Å²) in [6.07, 6.45) is 2.42. The zero-order valence-corrected chi connectivity index (χ0v) is 12.9. The van der Waals surface area contributed by atoms with E-state index in [0.29, 0.717) is 23.2 Å². The van der Waals surface area contributed by atoms with E-state index in [4.69, 9.17) is 17.3 Å². The standard InChI is InChI=1S/C15H23ClFN3/c1-19-7-3-4-12(19)10-20(2)15(9-18)13-8-11(16)5-6-14(13)17/h5-6,8,12,15H,3-4,7,9-10,18H2,1-2H3. The number of likely N-dealkylation sites (N-methyl/N-ethyl adjacent to an activating group) is 2. The van der Waals surface area contributed by atoms with Gasteiger partial charge in [-0.2, -0.15) is 0 Å². The van der Waals surface area contributed by atoms with E-state index in [1.165, 1.54) is 18.9 Å². The summed E-state index contributed by atoms with van der Waals surface area (Å²) in [6, 6.07) is 5.05. The zero-order chi connectivity index (χ0) is 14.7. The molecular formula is C15H23ClFN3. The number of halogens is 2. The highest BCUT2D eigenvalue weighted by atomic mass is 35.5. The third kappa shape index (κ3) is 3.50. The highest BCUT2D eigenvalue weighted by Crippen LogP contribution is 2.26. The smallest absolute Gasteiger partial charge is 0.128 e. The van der Waals surface area contributed by atoms with Crippen molar-refractivity contribution in [3.8, 4) is 0 Å². The molecule has 0 amide bonds. The average Bonchev–Trinajstić information content (AvgIpc) is 2.80. The quantitative estimate of drug-likeness (QED) is 0.907. The van der Waals surface area contributed by atoms with Crippen molar-refractivity contribution in [2.45, 2.75) is 24.9 Å². The number of hydrogen-bond acceptors (Lipinski definition) is 3. The first-order valence-electron chi connectivity index (χ1n) is 7.08. The van der Waals surface area contributed by atoms with Crippen molar-refractivity contribution in [2.24, 2.45) is 5.73 Å². The van der Waals surface area contributed by atoms with E-state index in [-0.39, 0.29) is 11.9 Å². The predicted octanol–water partition coefficient (Wildman–Crippen LogP) is 2.50. The van der Waals surface area contributed by atoms with Crippen molar-refractivity contribution in [3.05, 3.63) is 34.6 Å². The lowest BCUT2D eigenvalue weighted by molar-refractivity contribution is 0.177. The van der Waals surface area contributed by atoms with Crippen LogP contribution in [0.5, 0.6) is 0 Å². The van der Waals surface area contributed by atoms with Crippen LogP contribution < -0.4 is 5.73 Å². The third-order valence-corrected chi connectivity index (χ3v) is 4.48. The van der Waals surface area contributed by atoms with Gasteiger partial charge in [-0.3, -0.25) is 4.90 Å². The van der Waals surface area contributed by atoms with Crippen LogP contribution in [0.1, 0.15) is 24.4 Å². The normalized spacial score (nSPS) is 21.6. The second-order valence-corrected chi connectivity index (χ2v) is 6.07. The van der Waals surface area contributed by atoms with E-state index in [1.807, 2.05) is 7.05 Å². The molecule has 0 aromatic heterocycles. The Bertz CT molecular complexity index is 455. The minimum atomic E-state index is -0.239. The van der Waals surface area contributed by atoms with Crippen molar-refractivity contribution in [3.63, 3.8) is 0 Å². The molecule has 0 radical (unpaired) electrons. The van der Waals surface area contributed by atoms with Crippen LogP contribution in [-0.2, 0) is 0 Å². The molecule has 1 aromatic rings. The summed E-state index contributed by atoms with van der Waals surface area (Å²) in [6.45, 7) is 2.41. The lowest BCUT2D eigenvalue weighted by atomic mass is 10.0. The maximum atomic E-state index is 14.0. The van der Waals surface area contributed by atoms with E-state index >= 15 is 0 Å². The molecule has 1 heterocycles. The molecule has 2 atom stereocenters. The van der Waals surface area contributed by atoms with Gasteiger partial charge in [0.2, 0.25) is 0 Å². The number of benzene rings is 1. The highest BCUT2D eigenvalue weighted by Gasteiger charge is 2.26. The van der Waals surface area contributed by atoms with Crippen molar-refractivity contribution in [1.82, 2.24) is 9.80 Å². The van der Waals surface area contributed by atoms with Gasteiger partial charge in [0.1, 0.15) is 5.82 Å². The van der Waals surface area contributed by atoms with Crippen LogP contribution in [0.15, 0.2) is 18.2 Å². The molecule has 1 aliphatic rings. The summed E-state index contributed by atoms with van der Waals surface area (Å²) in [5, 5.41) is 0.547. The van der Waals surface area contributed by atoms with Gasteiger partial charge in [-0.25, -0.2) is 4.39 Å². The number of rotatable bonds is 5. The first-order chi connectivity index (χ1) is 9.52. The SMILES string of the molecule is CN1CCCC1CN(C)C(CN)c1cc(Cl)ccc1F. The maximum absolute atomic E-state index is 14.0. The molecule has 20 heavy (non-hydrogen) atoms. The number of likely N-dealkylation sites (tertiary alicyclic amines) is 1. The van der Waals surface area contributed by atoms with Crippen molar-refractivity contribution in [1.29, 1.82) is 0 Å². The molecule has 112 valence electrons. The summed E-state index contributed by atoms with van der Waals surface area (Å²) in [4.78, 5) is 4.50. The Morgan fingerprint density at radius 3 is 2.90 bits per heavy atom. The Morgan fingerprint density at radius 1 is 1.55 bits per heavy atom. The van der Waals surface area contributed by atoms with Crippen LogP contribution in [0.3, 0.4) is 0 Å². The van der Waals surface area contributed by atoms with Crippen molar-refractivity contribution >= 4 is 11.6 Å². The molecule has 0 bridgehead atoms. The number of nitrogens with zero attached hydrogens (tertiary/aromatic N) is 2. The zero-order valence-electron chi connectivity index (χ0n) is 12.1. The van der Waals surface area contributed by atoms with E-state index < -0.39 is 0 Å². The second-order valence-electron chi connectivity index (χ2n) is 5.63. The molecule has 2 rings (SSSR count). The largest absolute Gasteiger partial charge is 0.329 e. The number of hydrogen-bond donors (Lipinski definition) is 1. The summed E-state index contributed by atoms with van der Waals surface area (Å²) in [7, 11) is 4.15. The van der Waals surface area contributed by atoms with E-state index in [1.54, 1.807) is 12.1 Å². The second kappa shape index (κ2) is 6.85. The Hall–Kier alpha value is -0.680. The van der Waals surface area contributed by atoms with Crippen LogP contribution in [0.2, 0.25) is 5.02 Å². The van der Waals surface area contributed by atoms with Crippen LogP contribution in [0.25, 0.3) is 0 Å². The van der Waals surface area contributed by atoms with Crippen LogP contribution in [0, 0.1) is 5.82 Å². The van der Waals surface area contributed by atoms with E-state index in [9.17, 15) is 4.39 Å². The van der Waals surface area contributed by atoms with Gasteiger partial charge < -0.3 is 10.6 Å². The molecule has 0 spiro atoms. The van der Waals surface area contributed by atoms with Gasteiger partial charge >= 0.3 is 0 Å². The van der Waals surface area contributed by atoms with E-state index in [0.717, 1.165) is 13.1 Å². The average molecular weight is 300 g/mol. The molecule has 1 aliphatic heterocycles. The Morgan fingerprint density at radius 2 is 2.30 bits per heavy atom. The summed E-state index contributed by atoms with van der Waals surface area (Å²) in [5.41, 5.74) is 6.45. The monoisotopic (exact) mass is 299 g/mol. The maximum Gasteiger partial charge on any atom is 0.128 e. The fourth-order valence-corrected chi connectivity index (χ4v) is 3.16. The van der Waals surface area contributed by atoms with Gasteiger partial charge in [-0.05, 0) is 51.7 Å². The van der Waals surface area contributed by atoms with Gasteiger partial charge in [0, 0.05) is 35.8 Å². The van der Waals surface area contributed by atoms with Gasteiger partial charge in [0.25, 0.3) is 0 Å². The van der Waals surface area contributed by atoms with Crippen LogP contribution in [-0.4, -0.2) is 49.6 Å². The first kappa shape index (κ1) is 15.7. The van der Waals surface area contributed by atoms with Gasteiger partial charge in [-0.1, -0.05) is 11.6 Å². The summed E-state index contributed by atoms with van der Waals surface area (Å²) >= 11 is 5.98. The topological polar surface area (TPSA) is 32.5 Å². The fraction of sp³-hybridized carbons (Fsp3) is 0.600. The third-order valence-electron chi connectivity index (χ3n) is 4.24. The number of nitrogens with two attached hydrogens (primary N) is 1. The summed E-state index contributed by atoms with van der Waals surface area (Å²) in [5.74, 6) is -0.239. The minimum absolute atomic E-state index is 0.136. The Kier molecular flexibility index (Phi) is 5.38.